The van der Waals surface area contributed by atoms with Gasteiger partial charge in [-0.15, -0.1) is 0 Å². The Morgan fingerprint density at radius 3 is 2.80 bits per heavy atom. The molecule has 1 aromatic carbocycles. The van der Waals surface area contributed by atoms with Crippen molar-refractivity contribution in [3.63, 3.8) is 0 Å². The molecule has 3 nitrogen and oxygen atoms in total. The molecule has 4 heteroatoms. The van der Waals surface area contributed by atoms with Gasteiger partial charge < -0.3 is 5.11 Å². The number of halogens is 1. The van der Waals surface area contributed by atoms with Gasteiger partial charge in [0, 0.05) is 11.8 Å². The number of nitrogens with zero attached hydrogens (tertiary/aromatic N) is 1. The first kappa shape index (κ1) is 9.86. The molecule has 15 heavy (non-hydrogen) atoms. The van der Waals surface area contributed by atoms with Crippen LogP contribution in [0.15, 0.2) is 30.6 Å². The standard InChI is InChI=1S/C11H11FN2O/c1-7-4-8(2-3-10(7)12)11(15)9-5-13-14-6-9/h2-6,11,15H,1H3,(H,13,14). The van der Waals surface area contributed by atoms with Crippen molar-refractivity contribution in [1.29, 1.82) is 0 Å². The van der Waals surface area contributed by atoms with Gasteiger partial charge in [-0.1, -0.05) is 12.1 Å². The quantitative estimate of drug-likeness (QED) is 0.788. The molecule has 2 N–H and O–H groups in total. The number of hydrogen-bond acceptors (Lipinski definition) is 2. The van der Waals surface area contributed by atoms with E-state index in [4.69, 9.17) is 0 Å². The van der Waals surface area contributed by atoms with E-state index in [9.17, 15) is 9.50 Å². The Balaban J connectivity index is 2.34. The summed E-state index contributed by atoms with van der Waals surface area (Å²) in [5, 5.41) is 16.3. The van der Waals surface area contributed by atoms with Gasteiger partial charge in [-0.2, -0.15) is 5.10 Å². The summed E-state index contributed by atoms with van der Waals surface area (Å²) in [6.45, 7) is 1.67. The van der Waals surface area contributed by atoms with Crippen LogP contribution in [0.1, 0.15) is 22.8 Å². The summed E-state index contributed by atoms with van der Waals surface area (Å²) >= 11 is 0. The maximum Gasteiger partial charge on any atom is 0.126 e. The molecule has 2 rings (SSSR count). The Bertz CT molecular complexity index is 454. The highest BCUT2D eigenvalue weighted by Crippen LogP contribution is 2.22. The number of aromatic amines is 1. The molecule has 1 heterocycles. The van der Waals surface area contributed by atoms with Crippen molar-refractivity contribution in [2.24, 2.45) is 0 Å². The summed E-state index contributed by atoms with van der Waals surface area (Å²) < 4.78 is 13.0. The van der Waals surface area contributed by atoms with Crippen LogP contribution in [0.2, 0.25) is 0 Å². The van der Waals surface area contributed by atoms with Crippen molar-refractivity contribution in [3.05, 3.63) is 53.1 Å². The van der Waals surface area contributed by atoms with Gasteiger partial charge in [-0.05, 0) is 24.1 Å². The Morgan fingerprint density at radius 1 is 1.40 bits per heavy atom. The van der Waals surface area contributed by atoms with Gasteiger partial charge in [-0.25, -0.2) is 4.39 Å². The molecule has 0 aliphatic carbocycles. The number of H-pyrrole nitrogens is 1. The molecule has 0 amide bonds. The highest BCUT2D eigenvalue weighted by atomic mass is 19.1. The average molecular weight is 206 g/mol. The lowest BCUT2D eigenvalue weighted by molar-refractivity contribution is 0.220. The minimum atomic E-state index is -0.761. The van der Waals surface area contributed by atoms with Crippen LogP contribution in [0.5, 0.6) is 0 Å². The number of hydrogen-bond donors (Lipinski definition) is 2. The van der Waals surface area contributed by atoms with Crippen molar-refractivity contribution < 1.29 is 9.50 Å². The molecular weight excluding hydrogens is 195 g/mol. The maximum atomic E-state index is 13.0. The fraction of sp³-hybridized carbons (Fsp3) is 0.182. The molecule has 0 aliphatic heterocycles. The van der Waals surface area contributed by atoms with Gasteiger partial charge >= 0.3 is 0 Å². The summed E-state index contributed by atoms with van der Waals surface area (Å²) in [7, 11) is 0. The van der Waals surface area contributed by atoms with Gasteiger partial charge in [0.15, 0.2) is 0 Å². The first-order chi connectivity index (χ1) is 7.18. The van der Waals surface area contributed by atoms with Crippen molar-refractivity contribution in [2.45, 2.75) is 13.0 Å². The van der Waals surface area contributed by atoms with Crippen molar-refractivity contribution in [2.75, 3.05) is 0 Å². The Kier molecular flexibility index (Phi) is 2.51. The Hall–Kier alpha value is -1.68. The number of aliphatic hydroxyl groups excluding tert-OH is 1. The van der Waals surface area contributed by atoms with Crippen LogP contribution in [0, 0.1) is 12.7 Å². The number of nitrogens with one attached hydrogen (secondary N) is 1. The molecule has 0 radical (unpaired) electrons. The number of rotatable bonds is 2. The summed E-state index contributed by atoms with van der Waals surface area (Å²) in [4.78, 5) is 0. The minimum Gasteiger partial charge on any atom is -0.384 e. The molecule has 1 unspecified atom stereocenters. The first-order valence-electron chi connectivity index (χ1n) is 4.61. The van der Waals surface area contributed by atoms with Gasteiger partial charge in [0.25, 0.3) is 0 Å². The van der Waals surface area contributed by atoms with Crippen LogP contribution in [-0.2, 0) is 0 Å². The van der Waals surface area contributed by atoms with Crippen molar-refractivity contribution >= 4 is 0 Å². The summed E-state index contributed by atoms with van der Waals surface area (Å²) in [5.74, 6) is -0.266. The lowest BCUT2D eigenvalue weighted by Crippen LogP contribution is -1.99. The fourth-order valence-corrected chi connectivity index (χ4v) is 1.44. The second-order valence-corrected chi connectivity index (χ2v) is 3.44. The van der Waals surface area contributed by atoms with Crippen molar-refractivity contribution in [3.8, 4) is 0 Å². The van der Waals surface area contributed by atoms with E-state index in [2.05, 4.69) is 10.2 Å². The molecular formula is C11H11FN2O. The third-order valence-corrected chi connectivity index (χ3v) is 2.33. The highest BCUT2D eigenvalue weighted by Gasteiger charge is 2.12. The Labute approximate surface area is 86.6 Å². The molecule has 0 saturated carbocycles. The molecule has 0 saturated heterocycles. The van der Waals surface area contributed by atoms with Crippen LogP contribution >= 0.6 is 0 Å². The smallest absolute Gasteiger partial charge is 0.126 e. The summed E-state index contributed by atoms with van der Waals surface area (Å²) in [6, 6.07) is 4.56. The number of aromatic nitrogens is 2. The summed E-state index contributed by atoms with van der Waals surface area (Å²) in [5.41, 5.74) is 1.85. The van der Waals surface area contributed by atoms with Crippen LogP contribution < -0.4 is 0 Å². The van der Waals surface area contributed by atoms with E-state index in [1.54, 1.807) is 31.5 Å². The lowest BCUT2D eigenvalue weighted by Gasteiger charge is -2.09. The van der Waals surface area contributed by atoms with E-state index >= 15 is 0 Å². The molecule has 0 aliphatic rings. The normalized spacial score (nSPS) is 12.7. The molecule has 0 bridgehead atoms. The number of aliphatic hydroxyl groups is 1. The average Bonchev–Trinajstić information content (AvgIpc) is 2.74. The third-order valence-electron chi connectivity index (χ3n) is 2.33. The van der Waals surface area contributed by atoms with Crippen LogP contribution in [0.25, 0.3) is 0 Å². The lowest BCUT2D eigenvalue weighted by atomic mass is 10.0. The summed E-state index contributed by atoms with van der Waals surface area (Å²) in [6.07, 6.45) is 2.40. The second-order valence-electron chi connectivity index (χ2n) is 3.44. The second kappa shape index (κ2) is 3.82. The number of benzene rings is 1. The monoisotopic (exact) mass is 206 g/mol. The van der Waals surface area contributed by atoms with Crippen LogP contribution in [0.3, 0.4) is 0 Å². The molecule has 1 aromatic heterocycles. The van der Waals surface area contributed by atoms with E-state index in [-0.39, 0.29) is 5.82 Å². The predicted molar refractivity (Wildman–Crippen MR) is 53.8 cm³/mol. The van der Waals surface area contributed by atoms with Gasteiger partial charge in [0.1, 0.15) is 11.9 Å². The minimum absolute atomic E-state index is 0.266. The highest BCUT2D eigenvalue weighted by molar-refractivity contribution is 5.30. The molecule has 78 valence electrons. The Morgan fingerprint density at radius 2 is 2.20 bits per heavy atom. The maximum absolute atomic E-state index is 13.0. The zero-order chi connectivity index (χ0) is 10.8. The van der Waals surface area contributed by atoms with E-state index < -0.39 is 6.10 Å². The largest absolute Gasteiger partial charge is 0.384 e. The fourth-order valence-electron chi connectivity index (χ4n) is 1.44. The predicted octanol–water partition coefficient (Wildman–Crippen LogP) is 1.94. The topological polar surface area (TPSA) is 48.9 Å². The van der Waals surface area contributed by atoms with E-state index in [1.165, 1.54) is 6.07 Å². The van der Waals surface area contributed by atoms with Gasteiger partial charge in [0.2, 0.25) is 0 Å². The van der Waals surface area contributed by atoms with Gasteiger partial charge in [0.05, 0.1) is 6.20 Å². The van der Waals surface area contributed by atoms with E-state index in [0.717, 1.165) is 0 Å². The molecule has 0 fully saturated rings. The third kappa shape index (κ3) is 1.89. The number of aryl methyl sites for hydroxylation is 1. The molecule has 0 spiro atoms. The van der Waals surface area contributed by atoms with Crippen LogP contribution in [0.4, 0.5) is 4.39 Å². The van der Waals surface area contributed by atoms with E-state index in [0.29, 0.717) is 16.7 Å². The zero-order valence-corrected chi connectivity index (χ0v) is 8.24. The molecule has 1 atom stereocenters. The zero-order valence-electron chi connectivity index (χ0n) is 8.24. The van der Waals surface area contributed by atoms with Crippen LogP contribution in [-0.4, -0.2) is 15.3 Å². The first-order valence-corrected chi connectivity index (χ1v) is 4.61. The molecule has 2 aromatic rings. The van der Waals surface area contributed by atoms with Crippen molar-refractivity contribution in [1.82, 2.24) is 10.2 Å². The SMILES string of the molecule is Cc1cc(C(O)c2cn[nH]c2)ccc1F. The van der Waals surface area contributed by atoms with E-state index in [1.807, 2.05) is 0 Å². The van der Waals surface area contributed by atoms with Gasteiger partial charge in [-0.3, -0.25) is 5.10 Å².